The SMILES string of the molecule is COc1ccc(CCC(=O)NCCCOc2ccc(Cl)cc2C)cc1F. The van der Waals surface area contributed by atoms with Gasteiger partial charge in [-0.1, -0.05) is 17.7 Å². The maximum atomic E-state index is 13.6. The summed E-state index contributed by atoms with van der Waals surface area (Å²) >= 11 is 5.90. The first kappa shape index (κ1) is 20.0. The van der Waals surface area contributed by atoms with Crippen molar-refractivity contribution in [2.45, 2.75) is 26.2 Å². The molecular weight excluding hydrogens is 357 g/mol. The third kappa shape index (κ3) is 6.23. The van der Waals surface area contributed by atoms with Crippen LogP contribution in [0, 0.1) is 12.7 Å². The van der Waals surface area contributed by atoms with Crippen LogP contribution in [0.25, 0.3) is 0 Å². The Morgan fingerprint density at radius 2 is 1.96 bits per heavy atom. The van der Waals surface area contributed by atoms with Gasteiger partial charge in [-0.2, -0.15) is 0 Å². The van der Waals surface area contributed by atoms with Crippen LogP contribution in [-0.2, 0) is 11.2 Å². The average molecular weight is 380 g/mol. The molecule has 2 aromatic rings. The quantitative estimate of drug-likeness (QED) is 0.660. The van der Waals surface area contributed by atoms with E-state index >= 15 is 0 Å². The summed E-state index contributed by atoms with van der Waals surface area (Å²) in [5, 5.41) is 3.52. The van der Waals surface area contributed by atoms with Gasteiger partial charge in [-0.25, -0.2) is 4.39 Å². The molecule has 0 atom stereocenters. The van der Waals surface area contributed by atoms with Crippen LogP contribution in [0.2, 0.25) is 5.02 Å². The summed E-state index contributed by atoms with van der Waals surface area (Å²) < 4.78 is 24.2. The topological polar surface area (TPSA) is 47.6 Å². The van der Waals surface area contributed by atoms with E-state index in [-0.39, 0.29) is 11.7 Å². The standard InChI is InChI=1S/C20H23ClFNO3/c1-14-12-16(21)6-8-18(14)26-11-3-10-23-20(24)9-5-15-4-7-19(25-2)17(22)13-15/h4,6-8,12-13H,3,5,9-11H2,1-2H3,(H,23,24). The highest BCUT2D eigenvalue weighted by molar-refractivity contribution is 6.30. The minimum Gasteiger partial charge on any atom is -0.494 e. The molecule has 0 radical (unpaired) electrons. The second kappa shape index (κ2) is 10.0. The van der Waals surface area contributed by atoms with Crippen LogP contribution in [0.5, 0.6) is 11.5 Å². The van der Waals surface area contributed by atoms with Gasteiger partial charge in [0.05, 0.1) is 13.7 Å². The van der Waals surface area contributed by atoms with Crippen molar-refractivity contribution in [1.82, 2.24) is 5.32 Å². The molecule has 1 amide bonds. The Hall–Kier alpha value is -2.27. The first-order valence-corrected chi connectivity index (χ1v) is 8.85. The molecular formula is C20H23ClFNO3. The Labute approximate surface area is 158 Å². The van der Waals surface area contributed by atoms with Crippen molar-refractivity contribution in [2.24, 2.45) is 0 Å². The minimum atomic E-state index is -0.417. The fraction of sp³-hybridized carbons (Fsp3) is 0.350. The highest BCUT2D eigenvalue weighted by atomic mass is 35.5. The Morgan fingerprint density at radius 1 is 1.19 bits per heavy atom. The highest BCUT2D eigenvalue weighted by Crippen LogP contribution is 2.21. The number of ether oxygens (including phenoxy) is 2. The van der Waals surface area contributed by atoms with Crippen molar-refractivity contribution >= 4 is 17.5 Å². The number of carbonyl (C=O) groups excluding carboxylic acids is 1. The molecule has 4 nitrogen and oxygen atoms in total. The number of aryl methyl sites for hydroxylation is 2. The van der Waals surface area contributed by atoms with Gasteiger partial charge >= 0.3 is 0 Å². The molecule has 0 saturated heterocycles. The van der Waals surface area contributed by atoms with Crippen LogP contribution in [0.15, 0.2) is 36.4 Å². The zero-order valence-electron chi connectivity index (χ0n) is 15.0. The van der Waals surface area contributed by atoms with E-state index in [1.54, 1.807) is 18.2 Å². The van der Waals surface area contributed by atoms with Gasteiger partial charge in [-0.3, -0.25) is 4.79 Å². The molecule has 6 heteroatoms. The van der Waals surface area contributed by atoms with Crippen molar-refractivity contribution in [3.05, 3.63) is 58.4 Å². The fourth-order valence-electron chi connectivity index (χ4n) is 2.47. The van der Waals surface area contributed by atoms with Gasteiger partial charge < -0.3 is 14.8 Å². The molecule has 0 aromatic heterocycles. The predicted octanol–water partition coefficient (Wildman–Crippen LogP) is 4.31. The zero-order chi connectivity index (χ0) is 18.9. The molecule has 2 rings (SSSR count). The fourth-order valence-corrected chi connectivity index (χ4v) is 2.70. The molecule has 0 bridgehead atoms. The monoisotopic (exact) mass is 379 g/mol. The van der Waals surface area contributed by atoms with Crippen LogP contribution < -0.4 is 14.8 Å². The van der Waals surface area contributed by atoms with Crippen LogP contribution >= 0.6 is 11.6 Å². The Morgan fingerprint density at radius 3 is 2.65 bits per heavy atom. The van der Waals surface area contributed by atoms with Gasteiger partial charge in [0.1, 0.15) is 5.75 Å². The molecule has 0 aliphatic heterocycles. The second-order valence-electron chi connectivity index (χ2n) is 5.93. The van der Waals surface area contributed by atoms with E-state index in [1.165, 1.54) is 13.2 Å². The number of nitrogens with one attached hydrogen (secondary N) is 1. The molecule has 26 heavy (non-hydrogen) atoms. The summed E-state index contributed by atoms with van der Waals surface area (Å²) in [5.41, 5.74) is 1.74. The van der Waals surface area contributed by atoms with Gasteiger partial charge in [0.25, 0.3) is 0 Å². The third-order valence-electron chi connectivity index (χ3n) is 3.89. The summed E-state index contributed by atoms with van der Waals surface area (Å²) in [6, 6.07) is 10.2. The first-order chi connectivity index (χ1) is 12.5. The van der Waals surface area contributed by atoms with Gasteiger partial charge in [0.2, 0.25) is 5.91 Å². The number of hydrogen-bond acceptors (Lipinski definition) is 3. The van der Waals surface area contributed by atoms with Gasteiger partial charge in [-0.05, 0) is 61.2 Å². The van der Waals surface area contributed by atoms with E-state index in [0.29, 0.717) is 37.4 Å². The maximum Gasteiger partial charge on any atom is 0.220 e. The van der Waals surface area contributed by atoms with Crippen molar-refractivity contribution in [3.63, 3.8) is 0 Å². The molecule has 0 unspecified atom stereocenters. The number of halogens is 2. The lowest BCUT2D eigenvalue weighted by molar-refractivity contribution is -0.121. The van der Waals surface area contributed by atoms with E-state index in [1.807, 2.05) is 19.1 Å². The minimum absolute atomic E-state index is 0.0658. The summed E-state index contributed by atoms with van der Waals surface area (Å²) in [7, 11) is 1.42. The molecule has 140 valence electrons. The third-order valence-corrected chi connectivity index (χ3v) is 4.13. The van der Waals surface area contributed by atoms with E-state index < -0.39 is 5.82 Å². The molecule has 0 aliphatic rings. The van der Waals surface area contributed by atoms with Gasteiger partial charge in [-0.15, -0.1) is 0 Å². The van der Waals surface area contributed by atoms with Crippen molar-refractivity contribution < 1.29 is 18.7 Å². The summed E-state index contributed by atoms with van der Waals surface area (Å²) in [6.45, 7) is 2.97. The van der Waals surface area contributed by atoms with Crippen LogP contribution in [-0.4, -0.2) is 26.2 Å². The summed E-state index contributed by atoms with van der Waals surface area (Å²) in [4.78, 5) is 11.9. The number of benzene rings is 2. The van der Waals surface area contributed by atoms with E-state index in [4.69, 9.17) is 21.1 Å². The summed E-state index contributed by atoms with van der Waals surface area (Å²) in [6.07, 6.45) is 1.49. The van der Waals surface area contributed by atoms with E-state index in [9.17, 15) is 9.18 Å². The Kier molecular flexibility index (Phi) is 7.73. The Bertz CT molecular complexity index is 752. The van der Waals surface area contributed by atoms with Gasteiger partial charge in [0, 0.05) is 18.0 Å². The van der Waals surface area contributed by atoms with Crippen LogP contribution in [0.1, 0.15) is 24.0 Å². The lowest BCUT2D eigenvalue weighted by Gasteiger charge is -2.10. The van der Waals surface area contributed by atoms with E-state index in [0.717, 1.165) is 16.9 Å². The number of hydrogen-bond donors (Lipinski definition) is 1. The predicted molar refractivity (Wildman–Crippen MR) is 101 cm³/mol. The molecule has 1 N–H and O–H groups in total. The molecule has 0 aliphatic carbocycles. The van der Waals surface area contributed by atoms with Crippen LogP contribution in [0.3, 0.4) is 0 Å². The molecule has 0 fully saturated rings. The van der Waals surface area contributed by atoms with Crippen molar-refractivity contribution in [3.8, 4) is 11.5 Å². The van der Waals surface area contributed by atoms with Gasteiger partial charge in [0.15, 0.2) is 11.6 Å². The summed E-state index contributed by atoms with van der Waals surface area (Å²) in [5.74, 6) is 0.514. The van der Waals surface area contributed by atoms with E-state index in [2.05, 4.69) is 5.32 Å². The molecule has 0 spiro atoms. The highest BCUT2D eigenvalue weighted by Gasteiger charge is 2.06. The molecule has 2 aromatic carbocycles. The van der Waals surface area contributed by atoms with Crippen molar-refractivity contribution in [2.75, 3.05) is 20.3 Å². The molecule has 0 heterocycles. The second-order valence-corrected chi connectivity index (χ2v) is 6.37. The average Bonchev–Trinajstić information content (AvgIpc) is 2.61. The Balaban J connectivity index is 1.63. The largest absolute Gasteiger partial charge is 0.494 e. The lowest BCUT2D eigenvalue weighted by atomic mass is 10.1. The normalized spacial score (nSPS) is 10.5. The van der Waals surface area contributed by atoms with Crippen molar-refractivity contribution in [1.29, 1.82) is 0 Å². The number of amides is 1. The smallest absolute Gasteiger partial charge is 0.220 e. The number of methoxy groups -OCH3 is 1. The lowest BCUT2D eigenvalue weighted by Crippen LogP contribution is -2.25. The zero-order valence-corrected chi connectivity index (χ0v) is 15.7. The maximum absolute atomic E-state index is 13.6. The first-order valence-electron chi connectivity index (χ1n) is 8.47. The molecule has 0 saturated carbocycles. The number of rotatable bonds is 9. The van der Waals surface area contributed by atoms with Crippen LogP contribution in [0.4, 0.5) is 4.39 Å². The number of carbonyl (C=O) groups is 1.